The van der Waals surface area contributed by atoms with Crippen molar-refractivity contribution in [3.05, 3.63) is 48.6 Å². The summed E-state index contributed by atoms with van der Waals surface area (Å²) in [6, 6.07) is 0. The maximum absolute atomic E-state index is 12.1. The summed E-state index contributed by atoms with van der Waals surface area (Å²) in [6.45, 7) is 3.42. The Morgan fingerprint density at radius 1 is 0.582 bits per heavy atom. The smallest absolute Gasteiger partial charge is 0.463 e. The normalized spacial score (nSPS) is 13.7. The molecule has 55 heavy (non-hydrogen) atoms. The lowest BCUT2D eigenvalue weighted by Gasteiger charge is -2.15. The number of rotatable bonds is 41. The standard InChI is InChI=1S/C45H82NO8P/c1-3-5-7-9-11-13-15-17-19-20-21-22-24-25-27-29-31-33-35-37-44(48)46-39-40-53-55(50,51)54-42-43(47)41-52-45(49)38-36-34-32-30-28-26-23-18-16-14-12-10-8-6-4-2/h6,8,12,14,17-19,23,43,47H,3-5,7,9-11,13,15-16,20-22,24-42H2,1-2H3,(H,46,48)(H,50,51)/b8-6-,14-12-,19-17+,23-18-. The number of hydrogen-bond acceptors (Lipinski definition) is 7. The van der Waals surface area contributed by atoms with Crippen molar-refractivity contribution in [3.63, 3.8) is 0 Å². The van der Waals surface area contributed by atoms with Crippen LogP contribution in [0, 0.1) is 0 Å². The number of phosphoric ester groups is 1. The molecule has 2 atom stereocenters. The van der Waals surface area contributed by atoms with Gasteiger partial charge >= 0.3 is 13.8 Å². The zero-order valence-electron chi connectivity index (χ0n) is 35.1. The number of phosphoric acid groups is 1. The van der Waals surface area contributed by atoms with Gasteiger partial charge in [0.05, 0.1) is 13.2 Å². The van der Waals surface area contributed by atoms with Crippen LogP contribution < -0.4 is 5.32 Å². The number of ether oxygens (including phenoxy) is 1. The lowest BCUT2D eigenvalue weighted by Crippen LogP contribution is -2.27. The summed E-state index contributed by atoms with van der Waals surface area (Å²) >= 11 is 0. The van der Waals surface area contributed by atoms with Crippen LogP contribution in [0.4, 0.5) is 0 Å². The summed E-state index contributed by atoms with van der Waals surface area (Å²) in [5.74, 6) is -0.536. The van der Waals surface area contributed by atoms with Gasteiger partial charge in [-0.05, 0) is 70.6 Å². The van der Waals surface area contributed by atoms with Crippen molar-refractivity contribution in [2.45, 2.75) is 200 Å². The zero-order chi connectivity index (χ0) is 40.3. The second-order valence-corrected chi connectivity index (χ2v) is 16.1. The molecule has 320 valence electrons. The molecule has 0 aromatic carbocycles. The average molecular weight is 796 g/mol. The number of nitrogens with one attached hydrogen (secondary N) is 1. The van der Waals surface area contributed by atoms with Gasteiger partial charge in [-0.15, -0.1) is 0 Å². The molecule has 0 bridgehead atoms. The number of aliphatic hydroxyl groups is 1. The molecule has 0 aromatic rings. The van der Waals surface area contributed by atoms with Crippen LogP contribution in [-0.2, 0) is 27.9 Å². The van der Waals surface area contributed by atoms with Crippen LogP contribution in [0.3, 0.4) is 0 Å². The summed E-state index contributed by atoms with van der Waals surface area (Å²) in [4.78, 5) is 33.9. The second kappa shape index (κ2) is 41.6. The second-order valence-electron chi connectivity index (χ2n) is 14.6. The molecule has 2 unspecified atom stereocenters. The number of amides is 1. The van der Waals surface area contributed by atoms with Crippen molar-refractivity contribution in [1.82, 2.24) is 5.32 Å². The van der Waals surface area contributed by atoms with Crippen LogP contribution in [0.25, 0.3) is 0 Å². The Labute approximate surface area is 336 Å². The van der Waals surface area contributed by atoms with Crippen LogP contribution in [0.2, 0.25) is 0 Å². The maximum Gasteiger partial charge on any atom is 0.472 e. The Hall–Kier alpha value is -2.03. The highest BCUT2D eigenvalue weighted by molar-refractivity contribution is 7.47. The first kappa shape index (κ1) is 53.0. The molecule has 0 aromatic heterocycles. The molecule has 0 radical (unpaired) electrons. The van der Waals surface area contributed by atoms with E-state index in [1.54, 1.807) is 0 Å². The van der Waals surface area contributed by atoms with Gasteiger partial charge < -0.3 is 20.1 Å². The summed E-state index contributed by atoms with van der Waals surface area (Å²) in [5, 5.41) is 12.7. The molecule has 0 aliphatic heterocycles. The fourth-order valence-electron chi connectivity index (χ4n) is 5.92. The Balaban J connectivity index is 3.60. The van der Waals surface area contributed by atoms with Crippen molar-refractivity contribution in [3.8, 4) is 0 Å². The molecule has 9 nitrogen and oxygen atoms in total. The third kappa shape index (κ3) is 42.9. The number of carbonyl (C=O) groups excluding carboxylic acids is 2. The van der Waals surface area contributed by atoms with Gasteiger partial charge in [0, 0.05) is 19.4 Å². The van der Waals surface area contributed by atoms with Gasteiger partial charge in [0.2, 0.25) is 5.91 Å². The minimum atomic E-state index is -4.42. The first-order chi connectivity index (χ1) is 26.8. The minimum absolute atomic E-state index is 0.0777. The van der Waals surface area contributed by atoms with E-state index < -0.39 is 26.5 Å². The van der Waals surface area contributed by atoms with E-state index >= 15 is 0 Å². The predicted octanol–water partition coefficient (Wildman–Crippen LogP) is 12.3. The molecule has 0 aliphatic carbocycles. The Morgan fingerprint density at radius 3 is 1.58 bits per heavy atom. The van der Waals surface area contributed by atoms with Crippen LogP contribution >= 0.6 is 7.82 Å². The zero-order valence-corrected chi connectivity index (χ0v) is 36.0. The van der Waals surface area contributed by atoms with Gasteiger partial charge in [0.15, 0.2) is 0 Å². The van der Waals surface area contributed by atoms with Crippen molar-refractivity contribution >= 4 is 19.7 Å². The molecule has 0 spiro atoms. The van der Waals surface area contributed by atoms with Crippen LogP contribution in [0.15, 0.2) is 48.6 Å². The molecule has 0 fully saturated rings. The number of carbonyl (C=O) groups is 2. The number of aliphatic hydroxyl groups excluding tert-OH is 1. The topological polar surface area (TPSA) is 131 Å². The molecule has 3 N–H and O–H groups in total. The van der Waals surface area contributed by atoms with Gasteiger partial charge in [-0.2, -0.15) is 0 Å². The summed E-state index contributed by atoms with van der Waals surface area (Å²) < 4.78 is 26.9. The maximum atomic E-state index is 12.1. The third-order valence-electron chi connectivity index (χ3n) is 9.24. The van der Waals surface area contributed by atoms with Gasteiger partial charge in [0.25, 0.3) is 0 Å². The van der Waals surface area contributed by atoms with E-state index in [0.29, 0.717) is 12.8 Å². The number of hydrogen-bond donors (Lipinski definition) is 3. The van der Waals surface area contributed by atoms with E-state index in [-0.39, 0.29) is 32.1 Å². The van der Waals surface area contributed by atoms with Gasteiger partial charge in [-0.1, -0.05) is 159 Å². The lowest BCUT2D eigenvalue weighted by atomic mass is 10.1. The van der Waals surface area contributed by atoms with Crippen molar-refractivity contribution in [1.29, 1.82) is 0 Å². The molecule has 0 aliphatic rings. The molecule has 0 saturated heterocycles. The number of allylic oxidation sites excluding steroid dienone is 8. The Morgan fingerprint density at radius 2 is 1.04 bits per heavy atom. The van der Waals surface area contributed by atoms with Gasteiger partial charge in [-0.25, -0.2) is 4.57 Å². The van der Waals surface area contributed by atoms with E-state index in [0.717, 1.165) is 70.6 Å². The minimum Gasteiger partial charge on any atom is -0.463 e. The van der Waals surface area contributed by atoms with E-state index in [1.165, 1.54) is 89.9 Å². The lowest BCUT2D eigenvalue weighted by molar-refractivity contribution is -0.147. The van der Waals surface area contributed by atoms with E-state index in [4.69, 9.17) is 13.8 Å². The monoisotopic (exact) mass is 796 g/mol. The largest absolute Gasteiger partial charge is 0.472 e. The van der Waals surface area contributed by atoms with Gasteiger partial charge in [-0.3, -0.25) is 18.6 Å². The average Bonchev–Trinajstić information content (AvgIpc) is 3.17. The quantitative estimate of drug-likeness (QED) is 0.0241. The third-order valence-corrected chi connectivity index (χ3v) is 10.2. The number of esters is 1. The molecular formula is C45H82NO8P. The fraction of sp³-hybridized carbons (Fsp3) is 0.778. The van der Waals surface area contributed by atoms with Crippen LogP contribution in [0.5, 0.6) is 0 Å². The summed E-state index contributed by atoms with van der Waals surface area (Å²) in [6.07, 6.45) is 47.5. The highest BCUT2D eigenvalue weighted by atomic mass is 31.2. The van der Waals surface area contributed by atoms with Gasteiger partial charge in [0.1, 0.15) is 12.7 Å². The first-order valence-corrected chi connectivity index (χ1v) is 23.6. The van der Waals surface area contributed by atoms with E-state index in [2.05, 4.69) is 67.8 Å². The first-order valence-electron chi connectivity index (χ1n) is 22.1. The Bertz CT molecular complexity index is 1040. The Kier molecular flexibility index (Phi) is 40.1. The van der Waals surface area contributed by atoms with Crippen LogP contribution in [-0.4, -0.2) is 54.3 Å². The SMILES string of the molecule is CC/C=C\C/C=C\C/C=C\CCCCCCCC(=O)OCC(O)COP(=O)(O)OCCNC(=O)CCCCCCCCCCC/C=C/CCCCCCCC. The molecule has 0 saturated carbocycles. The van der Waals surface area contributed by atoms with Crippen LogP contribution in [0.1, 0.15) is 194 Å². The molecule has 10 heteroatoms. The molecule has 0 rings (SSSR count). The highest BCUT2D eigenvalue weighted by Crippen LogP contribution is 2.42. The molecular weight excluding hydrogens is 713 g/mol. The van der Waals surface area contributed by atoms with Crippen molar-refractivity contribution in [2.75, 3.05) is 26.4 Å². The highest BCUT2D eigenvalue weighted by Gasteiger charge is 2.23. The van der Waals surface area contributed by atoms with Crippen molar-refractivity contribution < 1.29 is 37.9 Å². The molecule has 0 heterocycles. The predicted molar refractivity (Wildman–Crippen MR) is 229 cm³/mol. The van der Waals surface area contributed by atoms with E-state index in [1.807, 2.05) is 0 Å². The summed E-state index contributed by atoms with van der Waals surface area (Å²) in [5.41, 5.74) is 0. The van der Waals surface area contributed by atoms with Crippen molar-refractivity contribution in [2.24, 2.45) is 0 Å². The molecule has 1 amide bonds. The van der Waals surface area contributed by atoms with E-state index in [9.17, 15) is 24.2 Å². The summed E-state index contributed by atoms with van der Waals surface area (Å²) in [7, 11) is -4.42. The fourth-order valence-corrected chi connectivity index (χ4v) is 6.68. The number of unbranched alkanes of at least 4 members (excludes halogenated alkanes) is 20.